The van der Waals surface area contributed by atoms with Crippen molar-refractivity contribution in [1.82, 2.24) is 15.0 Å². The standard InChI is InChI=1S/C22H26N6O3/c29-21(30)18(16-3-1-6-23-14-16)15-27-17-4-5-19-20(13-17)31-12-11-28(19)10-2-7-24-22-25-8-9-26-22/h1,3-6,8-9,13-14,18,27H,2,7,10-12,15H2,(H,29,30)(H2,24,25,26). The molecule has 0 aliphatic carbocycles. The third-order valence-corrected chi connectivity index (χ3v) is 5.21. The number of anilines is 3. The largest absolute Gasteiger partial charge is 0.489 e. The van der Waals surface area contributed by atoms with Crippen molar-refractivity contribution >= 4 is 23.3 Å². The van der Waals surface area contributed by atoms with Crippen molar-refractivity contribution in [2.75, 3.05) is 48.3 Å². The van der Waals surface area contributed by atoms with Gasteiger partial charge in [-0.05, 0) is 30.2 Å². The summed E-state index contributed by atoms with van der Waals surface area (Å²) in [5.74, 6) is 0.0281. The van der Waals surface area contributed by atoms with E-state index in [4.69, 9.17) is 4.74 Å². The molecule has 9 nitrogen and oxygen atoms in total. The zero-order chi connectivity index (χ0) is 21.5. The first-order chi connectivity index (χ1) is 15.2. The van der Waals surface area contributed by atoms with Crippen LogP contribution in [0.3, 0.4) is 0 Å². The molecular formula is C22H26N6O3. The van der Waals surface area contributed by atoms with E-state index in [-0.39, 0.29) is 6.54 Å². The topological polar surface area (TPSA) is 115 Å². The Hall–Kier alpha value is -3.75. The second kappa shape index (κ2) is 9.84. The third-order valence-electron chi connectivity index (χ3n) is 5.21. The van der Waals surface area contributed by atoms with Gasteiger partial charge in [-0.1, -0.05) is 6.07 Å². The summed E-state index contributed by atoms with van der Waals surface area (Å²) in [5.41, 5.74) is 2.55. The molecule has 0 saturated heterocycles. The molecule has 9 heteroatoms. The monoisotopic (exact) mass is 422 g/mol. The molecule has 2 aromatic heterocycles. The van der Waals surface area contributed by atoms with Gasteiger partial charge in [-0.3, -0.25) is 9.78 Å². The van der Waals surface area contributed by atoms with Gasteiger partial charge >= 0.3 is 5.97 Å². The SMILES string of the molecule is O=C(O)C(CNc1ccc2c(c1)OCCN2CCCNc1ncc[nH]1)c1cccnc1. The number of nitrogens with one attached hydrogen (secondary N) is 3. The molecule has 1 unspecified atom stereocenters. The Morgan fingerprint density at radius 1 is 1.29 bits per heavy atom. The number of aromatic amines is 1. The summed E-state index contributed by atoms with van der Waals surface area (Å²) in [6, 6.07) is 9.45. The molecule has 0 saturated carbocycles. The first kappa shape index (κ1) is 20.5. The highest BCUT2D eigenvalue weighted by atomic mass is 16.5. The Morgan fingerprint density at radius 3 is 3.00 bits per heavy atom. The van der Waals surface area contributed by atoms with E-state index in [1.165, 1.54) is 0 Å². The van der Waals surface area contributed by atoms with Gasteiger partial charge in [0.05, 0.1) is 12.2 Å². The summed E-state index contributed by atoms with van der Waals surface area (Å²) in [6.45, 7) is 3.45. The lowest BCUT2D eigenvalue weighted by Gasteiger charge is -2.31. The summed E-state index contributed by atoms with van der Waals surface area (Å²) in [5, 5.41) is 16.1. The van der Waals surface area contributed by atoms with Crippen LogP contribution >= 0.6 is 0 Å². The molecule has 3 aromatic rings. The van der Waals surface area contributed by atoms with Gasteiger partial charge in [0.15, 0.2) is 5.95 Å². The fourth-order valence-corrected chi connectivity index (χ4v) is 3.61. The number of nitrogens with zero attached hydrogens (tertiary/aromatic N) is 3. The molecule has 4 rings (SSSR count). The molecule has 0 radical (unpaired) electrons. The van der Waals surface area contributed by atoms with Crippen LogP contribution < -0.4 is 20.3 Å². The first-order valence-corrected chi connectivity index (χ1v) is 10.3. The summed E-state index contributed by atoms with van der Waals surface area (Å²) in [6.07, 6.45) is 7.71. The van der Waals surface area contributed by atoms with E-state index in [0.29, 0.717) is 12.2 Å². The zero-order valence-corrected chi connectivity index (χ0v) is 17.1. The number of pyridine rings is 1. The molecule has 1 aromatic carbocycles. The van der Waals surface area contributed by atoms with Gasteiger partial charge in [0.2, 0.25) is 0 Å². The van der Waals surface area contributed by atoms with Gasteiger partial charge in [-0.15, -0.1) is 0 Å². The van der Waals surface area contributed by atoms with E-state index in [1.54, 1.807) is 36.9 Å². The maximum Gasteiger partial charge on any atom is 0.312 e. The van der Waals surface area contributed by atoms with E-state index in [9.17, 15) is 9.90 Å². The molecular weight excluding hydrogens is 396 g/mol. The number of fused-ring (bicyclic) bond motifs is 1. The van der Waals surface area contributed by atoms with Crippen molar-refractivity contribution in [2.24, 2.45) is 0 Å². The molecule has 4 N–H and O–H groups in total. The van der Waals surface area contributed by atoms with Gasteiger partial charge in [0, 0.05) is 56.2 Å². The number of ether oxygens (including phenoxy) is 1. The molecule has 3 heterocycles. The average molecular weight is 422 g/mol. The number of aromatic nitrogens is 3. The molecule has 0 bridgehead atoms. The number of aliphatic carboxylic acids is 1. The summed E-state index contributed by atoms with van der Waals surface area (Å²) >= 11 is 0. The molecule has 31 heavy (non-hydrogen) atoms. The normalized spacial score (nSPS) is 13.7. The quantitative estimate of drug-likeness (QED) is 0.369. The van der Waals surface area contributed by atoms with Crippen LogP contribution in [0, 0.1) is 0 Å². The Bertz CT molecular complexity index is 980. The number of rotatable bonds is 10. The maximum absolute atomic E-state index is 11.7. The van der Waals surface area contributed by atoms with Gasteiger partial charge in [-0.25, -0.2) is 4.98 Å². The number of carboxylic acids is 1. The molecule has 1 atom stereocenters. The smallest absolute Gasteiger partial charge is 0.312 e. The van der Waals surface area contributed by atoms with Crippen LogP contribution in [-0.2, 0) is 4.79 Å². The van der Waals surface area contributed by atoms with Gasteiger partial charge in [0.25, 0.3) is 0 Å². The minimum Gasteiger partial charge on any atom is -0.489 e. The number of benzene rings is 1. The molecule has 0 amide bonds. The Labute approximate surface area is 180 Å². The van der Waals surface area contributed by atoms with E-state index >= 15 is 0 Å². The van der Waals surface area contributed by atoms with E-state index < -0.39 is 11.9 Å². The van der Waals surface area contributed by atoms with Crippen molar-refractivity contribution in [2.45, 2.75) is 12.3 Å². The molecule has 1 aliphatic heterocycles. The Morgan fingerprint density at radius 2 is 2.23 bits per heavy atom. The first-order valence-electron chi connectivity index (χ1n) is 10.3. The molecule has 0 fully saturated rings. The Kier molecular flexibility index (Phi) is 6.51. The molecule has 0 spiro atoms. The number of hydrogen-bond donors (Lipinski definition) is 4. The predicted molar refractivity (Wildman–Crippen MR) is 119 cm³/mol. The van der Waals surface area contributed by atoms with Crippen LogP contribution in [0.4, 0.5) is 17.3 Å². The lowest BCUT2D eigenvalue weighted by atomic mass is 10.0. The van der Waals surface area contributed by atoms with Gasteiger partial charge < -0.3 is 30.4 Å². The predicted octanol–water partition coefficient (Wildman–Crippen LogP) is 2.79. The summed E-state index contributed by atoms with van der Waals surface area (Å²) in [4.78, 5) is 25.2. The van der Waals surface area contributed by atoms with Crippen LogP contribution in [0.15, 0.2) is 55.1 Å². The average Bonchev–Trinajstić information content (AvgIpc) is 3.31. The minimum absolute atomic E-state index is 0.266. The third kappa shape index (κ3) is 5.25. The summed E-state index contributed by atoms with van der Waals surface area (Å²) in [7, 11) is 0. The van der Waals surface area contributed by atoms with Crippen molar-refractivity contribution in [3.05, 3.63) is 60.7 Å². The second-order valence-electron chi connectivity index (χ2n) is 7.29. The van der Waals surface area contributed by atoms with E-state index in [0.717, 1.165) is 49.1 Å². The summed E-state index contributed by atoms with van der Waals surface area (Å²) < 4.78 is 5.86. The number of imidazole rings is 1. The van der Waals surface area contributed by atoms with Crippen molar-refractivity contribution < 1.29 is 14.6 Å². The number of hydrogen-bond acceptors (Lipinski definition) is 7. The van der Waals surface area contributed by atoms with Gasteiger partial charge in [0.1, 0.15) is 18.3 Å². The van der Waals surface area contributed by atoms with E-state index in [1.807, 2.05) is 18.2 Å². The molecule has 162 valence electrons. The van der Waals surface area contributed by atoms with Crippen molar-refractivity contribution in [3.8, 4) is 5.75 Å². The highest BCUT2D eigenvalue weighted by Gasteiger charge is 2.21. The minimum atomic E-state index is -0.885. The molecule has 1 aliphatic rings. The number of carboxylic acid groups (broad SMARTS) is 1. The van der Waals surface area contributed by atoms with Crippen LogP contribution in [0.5, 0.6) is 5.75 Å². The van der Waals surface area contributed by atoms with Crippen molar-refractivity contribution in [1.29, 1.82) is 0 Å². The Balaban J connectivity index is 1.34. The number of H-pyrrole nitrogens is 1. The highest BCUT2D eigenvalue weighted by molar-refractivity contribution is 5.77. The van der Waals surface area contributed by atoms with Crippen LogP contribution in [0.2, 0.25) is 0 Å². The lowest BCUT2D eigenvalue weighted by molar-refractivity contribution is -0.138. The second-order valence-corrected chi connectivity index (χ2v) is 7.29. The van der Waals surface area contributed by atoms with Crippen LogP contribution in [-0.4, -0.2) is 58.8 Å². The maximum atomic E-state index is 11.7. The zero-order valence-electron chi connectivity index (χ0n) is 17.1. The highest BCUT2D eigenvalue weighted by Crippen LogP contribution is 2.34. The lowest BCUT2D eigenvalue weighted by Crippen LogP contribution is -2.34. The van der Waals surface area contributed by atoms with Crippen molar-refractivity contribution in [3.63, 3.8) is 0 Å². The number of carbonyl (C=O) groups is 1. The fourth-order valence-electron chi connectivity index (χ4n) is 3.61. The van der Waals surface area contributed by atoms with Crippen LogP contribution in [0.1, 0.15) is 17.9 Å². The van der Waals surface area contributed by atoms with Crippen LogP contribution in [0.25, 0.3) is 0 Å². The van der Waals surface area contributed by atoms with Gasteiger partial charge in [-0.2, -0.15) is 0 Å². The van der Waals surface area contributed by atoms with E-state index in [2.05, 4.69) is 30.5 Å². The fraction of sp³-hybridized carbons (Fsp3) is 0.318.